The van der Waals surface area contributed by atoms with Crippen LogP contribution in [-0.4, -0.2) is 23.6 Å². The van der Waals surface area contributed by atoms with Crippen LogP contribution in [0.5, 0.6) is 0 Å². The van der Waals surface area contributed by atoms with E-state index in [9.17, 15) is 8.42 Å². The number of aromatic amines is 1. The van der Waals surface area contributed by atoms with Crippen molar-refractivity contribution in [1.29, 1.82) is 0 Å². The van der Waals surface area contributed by atoms with Gasteiger partial charge >= 0.3 is 0 Å². The second-order valence-electron chi connectivity index (χ2n) is 4.00. The molecule has 3 rings (SSSR count). The van der Waals surface area contributed by atoms with Gasteiger partial charge in [-0.3, -0.25) is 5.10 Å². The first-order valence-corrected chi connectivity index (χ1v) is 6.63. The molecule has 17 heavy (non-hydrogen) atoms. The highest BCUT2D eigenvalue weighted by atomic mass is 32.2. The van der Waals surface area contributed by atoms with Crippen LogP contribution < -0.4 is 5.14 Å². The molecule has 1 atom stereocenters. The highest BCUT2D eigenvalue weighted by Gasteiger charge is 2.30. The summed E-state index contributed by atoms with van der Waals surface area (Å²) >= 11 is 0. The Morgan fingerprint density at radius 3 is 2.76 bits per heavy atom. The van der Waals surface area contributed by atoms with Gasteiger partial charge < -0.3 is 0 Å². The molecule has 1 aromatic heterocycles. The van der Waals surface area contributed by atoms with E-state index >= 15 is 0 Å². The summed E-state index contributed by atoms with van der Waals surface area (Å²) in [6.45, 7) is 0. The molecule has 3 N–H and O–H groups in total. The number of nitrogens with two attached hydrogens (primary N) is 1. The molecule has 0 radical (unpaired) electrons. The summed E-state index contributed by atoms with van der Waals surface area (Å²) in [5.74, 6) is 0.641. The average Bonchev–Trinajstić information content (AvgIpc) is 2.68. The Labute approximate surface area is 97.9 Å². The van der Waals surface area contributed by atoms with E-state index in [0.29, 0.717) is 5.82 Å². The van der Waals surface area contributed by atoms with Gasteiger partial charge in [0.2, 0.25) is 0 Å². The molecule has 0 saturated heterocycles. The zero-order chi connectivity index (χ0) is 12.0. The molecule has 6 nitrogen and oxygen atoms in total. The van der Waals surface area contributed by atoms with Gasteiger partial charge in [0.05, 0.1) is 0 Å². The van der Waals surface area contributed by atoms with Crippen molar-refractivity contribution in [3.8, 4) is 0 Å². The van der Waals surface area contributed by atoms with Crippen LogP contribution >= 0.6 is 0 Å². The van der Waals surface area contributed by atoms with Crippen molar-refractivity contribution in [2.24, 2.45) is 5.14 Å². The van der Waals surface area contributed by atoms with E-state index in [1.165, 1.54) is 5.56 Å². The van der Waals surface area contributed by atoms with Gasteiger partial charge in [0.25, 0.3) is 15.2 Å². The van der Waals surface area contributed by atoms with Crippen molar-refractivity contribution in [2.45, 2.75) is 17.5 Å². The van der Waals surface area contributed by atoms with Gasteiger partial charge in [-0.1, -0.05) is 24.3 Å². The summed E-state index contributed by atoms with van der Waals surface area (Å²) < 4.78 is 22.1. The van der Waals surface area contributed by atoms with Crippen LogP contribution in [0.4, 0.5) is 0 Å². The number of nitrogens with zero attached hydrogens (tertiary/aromatic N) is 2. The number of benzene rings is 1. The highest BCUT2D eigenvalue weighted by Crippen LogP contribution is 2.38. The summed E-state index contributed by atoms with van der Waals surface area (Å²) in [6, 6.07) is 7.97. The lowest BCUT2D eigenvalue weighted by Gasteiger charge is -2.27. The molecular weight excluding hydrogens is 240 g/mol. The van der Waals surface area contributed by atoms with E-state index in [1.807, 2.05) is 24.3 Å². The number of primary sulfonamides is 1. The quantitative estimate of drug-likeness (QED) is 0.791. The molecule has 1 aliphatic carbocycles. The Kier molecular flexibility index (Phi) is 2.07. The minimum absolute atomic E-state index is 0.0919. The zero-order valence-electron chi connectivity index (χ0n) is 8.79. The summed E-state index contributed by atoms with van der Waals surface area (Å²) in [7, 11) is -3.83. The zero-order valence-corrected chi connectivity index (χ0v) is 9.61. The summed E-state index contributed by atoms with van der Waals surface area (Å²) in [6.07, 6.45) is 0.843. The van der Waals surface area contributed by atoms with Crippen molar-refractivity contribution >= 4 is 10.0 Å². The molecule has 0 fully saturated rings. The second-order valence-corrected chi connectivity index (χ2v) is 5.46. The van der Waals surface area contributed by atoms with E-state index in [0.717, 1.165) is 12.0 Å². The van der Waals surface area contributed by atoms with Gasteiger partial charge in [-0.15, -0.1) is 5.10 Å². The molecule has 0 aliphatic heterocycles. The molecule has 0 bridgehead atoms. The van der Waals surface area contributed by atoms with Crippen LogP contribution in [0.2, 0.25) is 0 Å². The first kappa shape index (κ1) is 10.4. The Balaban J connectivity index is 1.96. The molecule has 7 heteroatoms. The first-order valence-electron chi connectivity index (χ1n) is 5.08. The SMILES string of the molecule is NS(=O)(=O)c1n[nH]c(C2Cc3ccccc32)n1. The fourth-order valence-corrected chi connectivity index (χ4v) is 2.44. The van der Waals surface area contributed by atoms with Gasteiger partial charge in [0.1, 0.15) is 5.82 Å². The normalized spacial score (nSPS) is 18.5. The predicted molar refractivity (Wildman–Crippen MR) is 59.7 cm³/mol. The minimum Gasteiger partial charge on any atom is -0.261 e. The third-order valence-electron chi connectivity index (χ3n) is 2.92. The molecule has 88 valence electrons. The highest BCUT2D eigenvalue weighted by molar-refractivity contribution is 7.89. The van der Waals surface area contributed by atoms with Crippen LogP contribution in [0, 0.1) is 0 Å². The summed E-state index contributed by atoms with van der Waals surface area (Å²) in [4.78, 5) is 3.92. The fraction of sp³-hybridized carbons (Fsp3) is 0.200. The third kappa shape index (κ3) is 1.63. The van der Waals surface area contributed by atoms with Crippen LogP contribution in [0.15, 0.2) is 29.4 Å². The number of hydrogen-bond acceptors (Lipinski definition) is 4. The van der Waals surface area contributed by atoms with Crippen molar-refractivity contribution in [1.82, 2.24) is 15.2 Å². The Morgan fingerprint density at radius 2 is 2.12 bits per heavy atom. The van der Waals surface area contributed by atoms with E-state index < -0.39 is 10.0 Å². The molecular formula is C10H10N4O2S. The van der Waals surface area contributed by atoms with Crippen molar-refractivity contribution in [3.05, 3.63) is 41.2 Å². The van der Waals surface area contributed by atoms with Crippen LogP contribution in [0.3, 0.4) is 0 Å². The standard InChI is InChI=1S/C10H10N4O2S/c11-17(15,16)10-12-9(13-14-10)8-5-6-3-1-2-4-7(6)8/h1-4,8H,5H2,(H2,11,15,16)(H,12,13,14). The maximum Gasteiger partial charge on any atom is 0.282 e. The molecule has 0 amide bonds. The van der Waals surface area contributed by atoms with Gasteiger partial charge in [0.15, 0.2) is 0 Å². The number of rotatable bonds is 2. The molecule has 1 aromatic carbocycles. The molecule has 0 spiro atoms. The topological polar surface area (TPSA) is 102 Å². The predicted octanol–water partition coefficient (Wildman–Crippen LogP) is 0.140. The minimum atomic E-state index is -3.83. The van der Waals surface area contributed by atoms with Gasteiger partial charge in [-0.05, 0) is 17.5 Å². The second kappa shape index (κ2) is 3.38. The molecule has 1 unspecified atom stereocenters. The summed E-state index contributed by atoms with van der Waals surface area (Å²) in [5, 5.41) is 10.9. The average molecular weight is 250 g/mol. The lowest BCUT2D eigenvalue weighted by Crippen LogP contribution is -2.19. The smallest absolute Gasteiger partial charge is 0.261 e. The Hall–Kier alpha value is -1.73. The van der Waals surface area contributed by atoms with E-state index in [4.69, 9.17) is 5.14 Å². The van der Waals surface area contributed by atoms with Crippen LogP contribution in [0.1, 0.15) is 22.9 Å². The molecule has 1 aliphatic rings. The molecule has 1 heterocycles. The van der Waals surface area contributed by atoms with Crippen LogP contribution in [0.25, 0.3) is 0 Å². The maximum absolute atomic E-state index is 11.1. The lowest BCUT2D eigenvalue weighted by molar-refractivity contribution is 0.589. The van der Waals surface area contributed by atoms with Gasteiger partial charge in [-0.2, -0.15) is 0 Å². The fourth-order valence-electron chi connectivity index (χ4n) is 2.04. The Bertz CT molecular complexity index is 677. The number of fused-ring (bicyclic) bond motifs is 1. The Morgan fingerprint density at radius 1 is 1.35 bits per heavy atom. The molecule has 0 saturated carbocycles. The lowest BCUT2D eigenvalue weighted by atomic mass is 9.77. The number of sulfonamides is 1. The number of hydrogen-bond donors (Lipinski definition) is 2. The van der Waals surface area contributed by atoms with Crippen molar-refractivity contribution < 1.29 is 8.42 Å². The third-order valence-corrected chi connectivity index (χ3v) is 3.61. The van der Waals surface area contributed by atoms with Crippen molar-refractivity contribution in [3.63, 3.8) is 0 Å². The van der Waals surface area contributed by atoms with Gasteiger partial charge in [-0.25, -0.2) is 18.5 Å². The van der Waals surface area contributed by atoms with Crippen LogP contribution in [-0.2, 0) is 16.4 Å². The monoisotopic (exact) mass is 250 g/mol. The summed E-state index contributed by atoms with van der Waals surface area (Å²) in [5.41, 5.74) is 2.41. The van der Waals surface area contributed by atoms with E-state index in [2.05, 4.69) is 15.2 Å². The first-order chi connectivity index (χ1) is 8.05. The molecule has 2 aromatic rings. The van der Waals surface area contributed by atoms with E-state index in [-0.39, 0.29) is 11.1 Å². The van der Waals surface area contributed by atoms with Crippen molar-refractivity contribution in [2.75, 3.05) is 0 Å². The van der Waals surface area contributed by atoms with Gasteiger partial charge in [0, 0.05) is 5.92 Å². The number of nitrogens with one attached hydrogen (secondary N) is 1. The number of aromatic nitrogens is 3. The largest absolute Gasteiger partial charge is 0.282 e. The maximum atomic E-state index is 11.1. The number of H-pyrrole nitrogens is 1. The van der Waals surface area contributed by atoms with E-state index in [1.54, 1.807) is 0 Å².